The van der Waals surface area contributed by atoms with Crippen LogP contribution in [0.25, 0.3) is 0 Å². The van der Waals surface area contributed by atoms with Crippen molar-refractivity contribution in [2.24, 2.45) is 0 Å². The van der Waals surface area contributed by atoms with Gasteiger partial charge in [-0.25, -0.2) is 0 Å². The minimum atomic E-state index is 0.0645. The lowest BCUT2D eigenvalue weighted by molar-refractivity contribution is 0.0773. The van der Waals surface area contributed by atoms with Crippen LogP contribution in [0.5, 0.6) is 5.75 Å². The van der Waals surface area contributed by atoms with E-state index >= 15 is 0 Å². The molecule has 1 aliphatic rings. The summed E-state index contributed by atoms with van der Waals surface area (Å²) in [5.74, 6) is 0.326. The Balaban J connectivity index is 0.00000176. The SMILES string of the molecule is CC.CCN(CC)C(=O)c1ccc(N(c2cccc(O)c2)C2CCN(Cc3ccccc3)CC2)cc1. The van der Waals surface area contributed by atoms with Crippen molar-refractivity contribution in [3.8, 4) is 5.75 Å². The molecule has 0 atom stereocenters. The summed E-state index contributed by atoms with van der Waals surface area (Å²) in [6.07, 6.45) is 2.06. The highest BCUT2D eigenvalue weighted by Crippen LogP contribution is 2.34. The van der Waals surface area contributed by atoms with Crippen molar-refractivity contribution in [2.45, 2.75) is 53.1 Å². The van der Waals surface area contributed by atoms with Crippen molar-refractivity contribution in [3.63, 3.8) is 0 Å². The van der Waals surface area contributed by atoms with Gasteiger partial charge in [0.15, 0.2) is 0 Å². The predicted octanol–water partition coefficient (Wildman–Crippen LogP) is 6.70. The van der Waals surface area contributed by atoms with Crippen LogP contribution >= 0.6 is 0 Å². The minimum Gasteiger partial charge on any atom is -0.508 e. The second-order valence-electron chi connectivity index (χ2n) is 8.91. The molecule has 1 amide bonds. The van der Waals surface area contributed by atoms with Gasteiger partial charge in [-0.2, -0.15) is 0 Å². The highest BCUT2D eigenvalue weighted by atomic mass is 16.3. The second-order valence-corrected chi connectivity index (χ2v) is 8.91. The molecule has 0 radical (unpaired) electrons. The van der Waals surface area contributed by atoms with E-state index in [1.54, 1.807) is 6.07 Å². The van der Waals surface area contributed by atoms with Crippen LogP contribution in [0.4, 0.5) is 11.4 Å². The lowest BCUT2D eigenvalue weighted by Crippen LogP contribution is -2.42. The number of amides is 1. The molecule has 4 rings (SSSR count). The van der Waals surface area contributed by atoms with Gasteiger partial charge >= 0.3 is 0 Å². The third kappa shape index (κ3) is 6.88. The Morgan fingerprint density at radius 2 is 1.50 bits per heavy atom. The molecular formula is C31H41N3O2. The normalized spacial score (nSPS) is 14.0. The van der Waals surface area contributed by atoms with Crippen LogP contribution in [-0.4, -0.2) is 53.0 Å². The standard InChI is InChI=1S/C29H35N3O2.C2H6/c1-3-31(4-2)29(34)24-13-15-25(16-14-24)32(27-11-8-12-28(33)21-27)26-17-19-30(20-18-26)22-23-9-6-5-7-10-23;1-2/h5-16,21,26,33H,3-4,17-20,22H2,1-2H3;1-2H3. The first-order chi connectivity index (χ1) is 17.6. The number of hydrogen-bond acceptors (Lipinski definition) is 4. The molecule has 36 heavy (non-hydrogen) atoms. The van der Waals surface area contributed by atoms with E-state index in [4.69, 9.17) is 0 Å². The van der Waals surface area contributed by atoms with E-state index in [2.05, 4.69) is 40.1 Å². The summed E-state index contributed by atoms with van der Waals surface area (Å²) in [4.78, 5) is 19.4. The van der Waals surface area contributed by atoms with E-state index in [1.807, 2.05) is 75.1 Å². The number of rotatable bonds is 8. The lowest BCUT2D eigenvalue weighted by atomic mass is 10.00. The Labute approximate surface area is 217 Å². The zero-order valence-electron chi connectivity index (χ0n) is 22.2. The molecule has 3 aromatic carbocycles. The number of piperidine rings is 1. The third-order valence-electron chi connectivity index (χ3n) is 6.72. The number of carbonyl (C=O) groups excluding carboxylic acids is 1. The number of hydrogen-bond donors (Lipinski definition) is 1. The Kier molecular flexibility index (Phi) is 10.4. The summed E-state index contributed by atoms with van der Waals surface area (Å²) in [5, 5.41) is 10.2. The van der Waals surface area contributed by atoms with Crippen molar-refractivity contribution in [3.05, 3.63) is 90.0 Å². The van der Waals surface area contributed by atoms with Gasteiger partial charge in [0.2, 0.25) is 0 Å². The number of carbonyl (C=O) groups is 1. The van der Waals surface area contributed by atoms with Gasteiger partial charge in [-0.05, 0) is 68.7 Å². The lowest BCUT2D eigenvalue weighted by Gasteiger charge is -2.40. The molecule has 0 saturated carbocycles. The molecular weight excluding hydrogens is 446 g/mol. The molecule has 0 spiro atoms. The molecule has 1 fully saturated rings. The molecule has 192 valence electrons. The Morgan fingerprint density at radius 1 is 0.861 bits per heavy atom. The van der Waals surface area contributed by atoms with Crippen molar-refractivity contribution < 1.29 is 9.90 Å². The molecule has 5 nitrogen and oxygen atoms in total. The van der Waals surface area contributed by atoms with Crippen LogP contribution in [0.3, 0.4) is 0 Å². The maximum absolute atomic E-state index is 12.8. The number of phenols is 1. The first-order valence-corrected chi connectivity index (χ1v) is 13.3. The van der Waals surface area contributed by atoms with Crippen molar-refractivity contribution in [1.82, 2.24) is 9.80 Å². The molecule has 0 bridgehead atoms. The fourth-order valence-electron chi connectivity index (χ4n) is 4.85. The second kappa shape index (κ2) is 13.7. The Hall–Kier alpha value is -3.31. The summed E-state index contributed by atoms with van der Waals surface area (Å²) in [6.45, 7) is 12.4. The van der Waals surface area contributed by atoms with Crippen LogP contribution in [0.1, 0.15) is 56.5 Å². The van der Waals surface area contributed by atoms with E-state index in [9.17, 15) is 9.90 Å². The molecule has 0 unspecified atom stereocenters. The molecule has 5 heteroatoms. The average Bonchev–Trinajstić information content (AvgIpc) is 2.93. The molecule has 1 aliphatic heterocycles. The van der Waals surface area contributed by atoms with Gasteiger partial charge in [0, 0.05) is 61.8 Å². The highest BCUT2D eigenvalue weighted by Gasteiger charge is 2.26. The van der Waals surface area contributed by atoms with Crippen LogP contribution in [0.2, 0.25) is 0 Å². The first kappa shape index (κ1) is 27.3. The summed E-state index contributed by atoms with van der Waals surface area (Å²) in [6, 6.07) is 26.3. The molecule has 1 N–H and O–H groups in total. The van der Waals surface area contributed by atoms with Gasteiger partial charge in [0.1, 0.15) is 5.75 Å². The molecule has 1 heterocycles. The average molecular weight is 488 g/mol. The molecule has 1 saturated heterocycles. The van der Waals surface area contributed by atoms with E-state index in [-0.39, 0.29) is 11.7 Å². The molecule has 0 aliphatic carbocycles. The number of phenolic OH excluding ortho intramolecular Hbond substituents is 1. The number of likely N-dealkylation sites (tertiary alicyclic amines) is 1. The van der Waals surface area contributed by atoms with Crippen LogP contribution in [0.15, 0.2) is 78.9 Å². The minimum absolute atomic E-state index is 0.0645. The quantitative estimate of drug-likeness (QED) is 0.384. The van der Waals surface area contributed by atoms with Crippen molar-refractivity contribution in [2.75, 3.05) is 31.1 Å². The van der Waals surface area contributed by atoms with Crippen LogP contribution in [0, 0.1) is 0 Å². The smallest absolute Gasteiger partial charge is 0.253 e. The predicted molar refractivity (Wildman–Crippen MR) is 150 cm³/mol. The Bertz CT molecular complexity index is 1060. The van der Waals surface area contributed by atoms with E-state index in [0.29, 0.717) is 24.7 Å². The van der Waals surface area contributed by atoms with Gasteiger partial charge in [0.05, 0.1) is 0 Å². The maximum Gasteiger partial charge on any atom is 0.253 e. The number of nitrogens with zero attached hydrogens (tertiary/aromatic N) is 3. The van der Waals surface area contributed by atoms with Gasteiger partial charge < -0.3 is 14.9 Å². The summed E-state index contributed by atoms with van der Waals surface area (Å²) >= 11 is 0. The number of anilines is 2. The summed E-state index contributed by atoms with van der Waals surface area (Å²) in [5.41, 5.74) is 4.08. The van der Waals surface area contributed by atoms with E-state index < -0.39 is 0 Å². The largest absolute Gasteiger partial charge is 0.508 e. The monoisotopic (exact) mass is 487 g/mol. The zero-order valence-corrected chi connectivity index (χ0v) is 22.2. The van der Waals surface area contributed by atoms with Gasteiger partial charge in [-0.15, -0.1) is 0 Å². The van der Waals surface area contributed by atoms with Crippen molar-refractivity contribution in [1.29, 1.82) is 0 Å². The molecule has 3 aromatic rings. The summed E-state index contributed by atoms with van der Waals surface area (Å²) in [7, 11) is 0. The van der Waals surface area contributed by atoms with Crippen LogP contribution < -0.4 is 4.90 Å². The first-order valence-electron chi connectivity index (χ1n) is 13.3. The fourth-order valence-corrected chi connectivity index (χ4v) is 4.85. The number of benzene rings is 3. The Morgan fingerprint density at radius 3 is 2.08 bits per heavy atom. The zero-order chi connectivity index (χ0) is 25.9. The highest BCUT2D eigenvalue weighted by molar-refractivity contribution is 5.94. The third-order valence-corrected chi connectivity index (χ3v) is 6.72. The van der Waals surface area contributed by atoms with Gasteiger partial charge in [-0.1, -0.05) is 50.2 Å². The summed E-state index contributed by atoms with van der Waals surface area (Å²) < 4.78 is 0. The maximum atomic E-state index is 12.8. The fraction of sp³-hybridized carbons (Fsp3) is 0.387. The van der Waals surface area contributed by atoms with Crippen molar-refractivity contribution >= 4 is 17.3 Å². The number of aromatic hydroxyl groups is 1. The molecule has 0 aromatic heterocycles. The topological polar surface area (TPSA) is 47.0 Å². The van der Waals surface area contributed by atoms with E-state index in [1.165, 1.54) is 5.56 Å². The van der Waals surface area contributed by atoms with Gasteiger partial charge in [-0.3, -0.25) is 9.69 Å². The van der Waals surface area contributed by atoms with Crippen LogP contribution in [-0.2, 0) is 6.54 Å². The van der Waals surface area contributed by atoms with E-state index in [0.717, 1.165) is 43.9 Å². The van der Waals surface area contributed by atoms with Gasteiger partial charge in [0.25, 0.3) is 5.91 Å².